The molecule has 158 valence electrons. The highest BCUT2D eigenvalue weighted by molar-refractivity contribution is 6.99. The average Bonchev–Trinajstić information content (AvgIpc) is 2.77. The van der Waals surface area contributed by atoms with Crippen molar-refractivity contribution in [2.45, 2.75) is 44.4 Å². The first-order valence-corrected chi connectivity index (χ1v) is 12.4. The molecule has 3 aromatic carbocycles. The molecule has 0 saturated heterocycles. The molecule has 30 heavy (non-hydrogen) atoms. The van der Waals surface area contributed by atoms with Crippen molar-refractivity contribution in [2.24, 2.45) is 0 Å². The topological polar surface area (TPSA) is 49.7 Å². The Hall–Kier alpha value is -2.24. The Bertz CT molecular complexity index is 852. The molecule has 0 saturated carbocycles. The van der Waals surface area contributed by atoms with Crippen LogP contribution in [-0.2, 0) is 4.43 Å². The number of benzene rings is 3. The van der Waals surface area contributed by atoms with Crippen LogP contribution in [0.5, 0.6) is 0 Å². The molecular weight excluding hydrogens is 388 g/mol. The normalized spacial score (nSPS) is 14.3. The van der Waals surface area contributed by atoms with Crippen LogP contribution in [0.15, 0.2) is 91.0 Å². The minimum Gasteiger partial charge on any atom is -0.401 e. The first-order chi connectivity index (χ1) is 14.4. The third-order valence-electron chi connectivity index (χ3n) is 5.65. The van der Waals surface area contributed by atoms with Crippen molar-refractivity contribution in [3.8, 4) is 0 Å². The van der Waals surface area contributed by atoms with E-state index in [1.54, 1.807) is 0 Å². The summed E-state index contributed by atoms with van der Waals surface area (Å²) < 4.78 is 7.06. The van der Waals surface area contributed by atoms with E-state index in [0.29, 0.717) is 6.42 Å². The minimum absolute atomic E-state index is 0.0488. The Morgan fingerprint density at radius 2 is 1.20 bits per heavy atom. The van der Waals surface area contributed by atoms with Gasteiger partial charge in [-0.05, 0) is 27.4 Å². The fraction of sp³-hybridized carbons (Fsp3) is 0.308. The fourth-order valence-corrected chi connectivity index (χ4v) is 8.91. The summed E-state index contributed by atoms with van der Waals surface area (Å²) in [6.07, 6.45) is -0.982. The Morgan fingerprint density at radius 1 is 0.767 bits per heavy atom. The summed E-state index contributed by atoms with van der Waals surface area (Å²) in [5.41, 5.74) is 0.800. The van der Waals surface area contributed by atoms with E-state index in [4.69, 9.17) is 4.43 Å². The van der Waals surface area contributed by atoms with E-state index < -0.39 is 20.5 Å². The van der Waals surface area contributed by atoms with E-state index in [2.05, 4.69) is 45.0 Å². The second-order valence-electron chi connectivity index (χ2n) is 8.69. The molecule has 3 aromatic rings. The predicted octanol–water partition coefficient (Wildman–Crippen LogP) is 4.05. The molecule has 0 radical (unpaired) electrons. The van der Waals surface area contributed by atoms with Crippen LogP contribution in [0, 0.1) is 0 Å². The van der Waals surface area contributed by atoms with E-state index in [-0.39, 0.29) is 11.6 Å². The quantitative estimate of drug-likeness (QED) is 0.541. The maximum atomic E-state index is 11.2. The number of aliphatic hydroxyl groups excluding tert-OH is 2. The lowest BCUT2D eigenvalue weighted by molar-refractivity contribution is 0.0144. The van der Waals surface area contributed by atoms with Gasteiger partial charge in [-0.15, -0.1) is 0 Å². The van der Waals surface area contributed by atoms with Crippen molar-refractivity contribution in [3.63, 3.8) is 0 Å². The van der Waals surface area contributed by atoms with Crippen molar-refractivity contribution < 1.29 is 14.6 Å². The van der Waals surface area contributed by atoms with Crippen LogP contribution < -0.4 is 10.4 Å². The molecule has 3 rings (SSSR count). The Kier molecular flexibility index (Phi) is 7.26. The van der Waals surface area contributed by atoms with Crippen molar-refractivity contribution in [2.75, 3.05) is 6.61 Å². The Balaban J connectivity index is 2.16. The van der Waals surface area contributed by atoms with E-state index >= 15 is 0 Å². The number of rotatable bonds is 8. The predicted molar refractivity (Wildman–Crippen MR) is 126 cm³/mol. The highest BCUT2D eigenvalue weighted by Gasteiger charge is 2.52. The van der Waals surface area contributed by atoms with Gasteiger partial charge in [-0.25, -0.2) is 0 Å². The summed E-state index contributed by atoms with van der Waals surface area (Å²) in [5.74, 6) is 0. The van der Waals surface area contributed by atoms with Crippen LogP contribution in [0.4, 0.5) is 0 Å². The van der Waals surface area contributed by atoms with Gasteiger partial charge in [0.25, 0.3) is 8.32 Å². The lowest BCUT2D eigenvalue weighted by Gasteiger charge is -2.46. The average molecular weight is 421 g/mol. The Labute approximate surface area is 181 Å². The molecule has 2 atom stereocenters. The molecule has 0 bridgehead atoms. The molecule has 3 nitrogen and oxygen atoms in total. The lowest BCUT2D eigenvalue weighted by Crippen LogP contribution is -2.68. The van der Waals surface area contributed by atoms with Gasteiger partial charge in [0, 0.05) is 6.61 Å². The SMILES string of the molecule is CC(C)(C)[Si](O[C@H](CCO)[C@@H](O)c1ccccc1)(c1ccccc1)c1ccccc1. The van der Waals surface area contributed by atoms with Gasteiger partial charge < -0.3 is 14.6 Å². The second-order valence-corrected chi connectivity index (χ2v) is 12.9. The first kappa shape index (κ1) is 22.4. The number of hydrogen-bond acceptors (Lipinski definition) is 3. The van der Waals surface area contributed by atoms with Gasteiger partial charge >= 0.3 is 0 Å². The monoisotopic (exact) mass is 420 g/mol. The number of hydrogen-bond donors (Lipinski definition) is 2. The molecule has 0 aliphatic rings. The van der Waals surface area contributed by atoms with Crippen molar-refractivity contribution in [1.82, 2.24) is 0 Å². The third kappa shape index (κ3) is 4.57. The molecule has 0 aliphatic heterocycles. The van der Waals surface area contributed by atoms with E-state index in [1.807, 2.05) is 66.7 Å². The number of aliphatic hydroxyl groups is 2. The largest absolute Gasteiger partial charge is 0.401 e. The standard InChI is InChI=1S/C26H32O3Si/c1-26(2,3)30(22-15-9-5-10-16-22,23-17-11-6-12-18-23)29-24(19-20-27)25(28)21-13-7-4-8-14-21/h4-18,24-25,27-28H,19-20H2,1-3H3/t24-,25+/m1/s1. The van der Waals surface area contributed by atoms with Crippen LogP contribution in [0.2, 0.25) is 5.04 Å². The van der Waals surface area contributed by atoms with Crippen molar-refractivity contribution in [1.29, 1.82) is 0 Å². The summed E-state index contributed by atoms with van der Waals surface area (Å²) in [7, 11) is -2.82. The summed E-state index contributed by atoms with van der Waals surface area (Å²) in [6.45, 7) is 6.59. The summed E-state index contributed by atoms with van der Waals surface area (Å²) >= 11 is 0. The van der Waals surface area contributed by atoms with Gasteiger partial charge in [-0.1, -0.05) is 112 Å². The molecule has 0 fully saturated rings. The van der Waals surface area contributed by atoms with Gasteiger partial charge in [0.15, 0.2) is 0 Å². The van der Waals surface area contributed by atoms with E-state index in [1.165, 1.54) is 0 Å². The van der Waals surface area contributed by atoms with Gasteiger partial charge in [0.05, 0.1) is 6.10 Å². The molecular formula is C26H32O3Si. The first-order valence-electron chi connectivity index (χ1n) is 10.5. The summed E-state index contributed by atoms with van der Waals surface area (Å²) in [6, 6.07) is 30.3. The molecule has 0 aliphatic carbocycles. The zero-order valence-electron chi connectivity index (χ0n) is 18.0. The van der Waals surface area contributed by atoms with Crippen LogP contribution in [-0.4, -0.2) is 31.2 Å². The second kappa shape index (κ2) is 9.71. The zero-order valence-corrected chi connectivity index (χ0v) is 19.0. The highest BCUT2D eigenvalue weighted by atomic mass is 28.4. The highest BCUT2D eigenvalue weighted by Crippen LogP contribution is 2.39. The maximum Gasteiger partial charge on any atom is 0.261 e. The summed E-state index contributed by atoms with van der Waals surface area (Å²) in [4.78, 5) is 0. The molecule has 0 heterocycles. The Morgan fingerprint density at radius 3 is 1.60 bits per heavy atom. The van der Waals surface area contributed by atoms with Crippen LogP contribution >= 0.6 is 0 Å². The fourth-order valence-electron chi connectivity index (χ4n) is 4.19. The minimum atomic E-state index is -2.82. The molecule has 2 N–H and O–H groups in total. The molecule has 0 unspecified atom stereocenters. The molecule has 0 spiro atoms. The molecule has 4 heteroatoms. The summed E-state index contributed by atoms with van der Waals surface area (Å²) in [5, 5.41) is 23.1. The van der Waals surface area contributed by atoms with Crippen LogP contribution in [0.3, 0.4) is 0 Å². The smallest absolute Gasteiger partial charge is 0.261 e. The van der Waals surface area contributed by atoms with Gasteiger partial charge in [0.1, 0.15) is 6.10 Å². The lowest BCUT2D eigenvalue weighted by atomic mass is 10.0. The van der Waals surface area contributed by atoms with Crippen LogP contribution in [0.1, 0.15) is 38.9 Å². The van der Waals surface area contributed by atoms with E-state index in [0.717, 1.165) is 15.9 Å². The van der Waals surface area contributed by atoms with Crippen molar-refractivity contribution in [3.05, 3.63) is 96.6 Å². The molecule has 0 amide bonds. The molecule has 0 aromatic heterocycles. The maximum absolute atomic E-state index is 11.2. The zero-order chi connectivity index (χ0) is 21.6. The van der Waals surface area contributed by atoms with Crippen molar-refractivity contribution >= 4 is 18.7 Å². The van der Waals surface area contributed by atoms with Gasteiger partial charge in [-0.2, -0.15) is 0 Å². The third-order valence-corrected chi connectivity index (χ3v) is 10.7. The van der Waals surface area contributed by atoms with Gasteiger partial charge in [0.2, 0.25) is 0 Å². The van der Waals surface area contributed by atoms with Crippen LogP contribution in [0.25, 0.3) is 0 Å². The van der Waals surface area contributed by atoms with Gasteiger partial charge in [-0.3, -0.25) is 0 Å². The van der Waals surface area contributed by atoms with E-state index in [9.17, 15) is 10.2 Å².